The maximum Gasteiger partial charge on any atom is 0.140 e. The Morgan fingerprint density at radius 2 is 2.07 bits per heavy atom. The maximum atomic E-state index is 13.2. The Morgan fingerprint density at radius 1 is 1.27 bits per heavy atom. The number of H-pyrrole nitrogens is 1. The predicted octanol–water partition coefficient (Wildman–Crippen LogP) is 2.42. The van der Waals surface area contributed by atoms with Crippen LogP contribution in [0.25, 0.3) is 0 Å². The van der Waals surface area contributed by atoms with Crippen molar-refractivity contribution in [2.75, 3.05) is 5.73 Å². The number of benzene rings is 1. The molecule has 0 spiro atoms. The molecule has 0 aliphatic heterocycles. The molecule has 78 valence electrons. The molecule has 0 radical (unpaired) electrons. The minimum atomic E-state index is -0.611. The number of anilines is 1. The van der Waals surface area contributed by atoms with E-state index in [0.29, 0.717) is 15.6 Å². The fourth-order valence-electron chi connectivity index (χ4n) is 1.04. The number of aromatic amines is 1. The third kappa shape index (κ3) is 2.10. The van der Waals surface area contributed by atoms with Gasteiger partial charge in [0.05, 0.1) is 11.1 Å². The number of halogens is 2. The van der Waals surface area contributed by atoms with Gasteiger partial charge in [0.2, 0.25) is 0 Å². The number of nitrogens with two attached hydrogens (primary N) is 1. The van der Waals surface area contributed by atoms with E-state index in [4.69, 9.17) is 5.73 Å². The average molecular weight is 227 g/mol. The summed E-state index contributed by atoms with van der Waals surface area (Å²) in [6.07, 6.45) is 1.49. The first-order valence-corrected chi connectivity index (χ1v) is 4.90. The van der Waals surface area contributed by atoms with Crippen LogP contribution in [0.3, 0.4) is 0 Å². The molecule has 2 rings (SSSR count). The Kier molecular flexibility index (Phi) is 2.59. The number of aromatic nitrogens is 2. The highest BCUT2D eigenvalue weighted by atomic mass is 32.2. The van der Waals surface area contributed by atoms with Gasteiger partial charge in [-0.2, -0.15) is 5.10 Å². The van der Waals surface area contributed by atoms with Crippen LogP contribution in [0.5, 0.6) is 0 Å². The van der Waals surface area contributed by atoms with E-state index in [0.717, 1.165) is 17.8 Å². The molecular formula is C9H7F2N3S. The monoisotopic (exact) mass is 227 g/mol. The van der Waals surface area contributed by atoms with Crippen molar-refractivity contribution < 1.29 is 8.78 Å². The van der Waals surface area contributed by atoms with Crippen molar-refractivity contribution in [3.05, 3.63) is 36.0 Å². The highest BCUT2D eigenvalue weighted by Crippen LogP contribution is 2.32. The minimum Gasteiger partial charge on any atom is -0.383 e. The molecule has 1 heterocycles. The SMILES string of the molecule is Nc1[nH]ncc1Sc1ccc(F)cc1F. The second-order valence-electron chi connectivity index (χ2n) is 2.82. The number of nitrogens with zero attached hydrogens (tertiary/aromatic N) is 1. The molecule has 2 aromatic rings. The molecule has 1 aromatic heterocycles. The topological polar surface area (TPSA) is 54.7 Å². The molecule has 1 aromatic carbocycles. The summed E-state index contributed by atoms with van der Waals surface area (Å²) >= 11 is 1.10. The smallest absolute Gasteiger partial charge is 0.140 e. The van der Waals surface area contributed by atoms with Gasteiger partial charge in [-0.1, -0.05) is 11.8 Å². The molecular weight excluding hydrogens is 220 g/mol. The summed E-state index contributed by atoms with van der Waals surface area (Å²) in [5.74, 6) is -0.846. The van der Waals surface area contributed by atoms with Crippen LogP contribution in [0.15, 0.2) is 34.2 Å². The molecule has 0 atom stereocenters. The zero-order valence-corrected chi connectivity index (χ0v) is 8.31. The number of nitrogens with one attached hydrogen (secondary N) is 1. The van der Waals surface area contributed by atoms with E-state index >= 15 is 0 Å². The summed E-state index contributed by atoms with van der Waals surface area (Å²) in [6, 6.07) is 3.39. The van der Waals surface area contributed by atoms with Gasteiger partial charge in [0.15, 0.2) is 0 Å². The Balaban J connectivity index is 2.29. The molecule has 3 nitrogen and oxygen atoms in total. The molecule has 0 saturated carbocycles. The molecule has 0 unspecified atom stereocenters. The lowest BCUT2D eigenvalue weighted by Gasteiger charge is -2.01. The third-order valence-electron chi connectivity index (χ3n) is 1.75. The van der Waals surface area contributed by atoms with Crippen LogP contribution in [0.4, 0.5) is 14.6 Å². The summed E-state index contributed by atoms with van der Waals surface area (Å²) in [5, 5.41) is 6.23. The zero-order valence-electron chi connectivity index (χ0n) is 7.50. The largest absolute Gasteiger partial charge is 0.383 e. The normalized spacial score (nSPS) is 10.5. The predicted molar refractivity (Wildman–Crippen MR) is 53.5 cm³/mol. The Morgan fingerprint density at radius 3 is 2.67 bits per heavy atom. The second kappa shape index (κ2) is 3.90. The van der Waals surface area contributed by atoms with Gasteiger partial charge in [-0.25, -0.2) is 8.78 Å². The van der Waals surface area contributed by atoms with Gasteiger partial charge in [-0.3, -0.25) is 5.10 Å². The van der Waals surface area contributed by atoms with Crippen molar-refractivity contribution in [1.29, 1.82) is 0 Å². The zero-order chi connectivity index (χ0) is 10.8. The van der Waals surface area contributed by atoms with Crippen LogP contribution in [0, 0.1) is 11.6 Å². The lowest BCUT2D eigenvalue weighted by molar-refractivity contribution is 0.566. The average Bonchev–Trinajstić information content (AvgIpc) is 2.57. The number of hydrogen-bond acceptors (Lipinski definition) is 3. The minimum absolute atomic E-state index is 0.310. The van der Waals surface area contributed by atoms with Crippen molar-refractivity contribution in [2.45, 2.75) is 9.79 Å². The summed E-state index contributed by atoms with van der Waals surface area (Å²) in [6.45, 7) is 0. The number of rotatable bonds is 2. The first-order chi connectivity index (χ1) is 7.16. The van der Waals surface area contributed by atoms with E-state index in [2.05, 4.69) is 10.2 Å². The number of nitrogen functional groups attached to an aromatic ring is 1. The summed E-state index contributed by atoms with van der Waals surface area (Å²) in [7, 11) is 0. The van der Waals surface area contributed by atoms with Gasteiger partial charge in [-0.15, -0.1) is 0 Å². The van der Waals surface area contributed by atoms with Crippen molar-refractivity contribution in [3.63, 3.8) is 0 Å². The quantitative estimate of drug-likeness (QED) is 0.828. The lowest BCUT2D eigenvalue weighted by atomic mass is 10.3. The molecule has 3 N–H and O–H groups in total. The van der Waals surface area contributed by atoms with Crippen LogP contribution < -0.4 is 5.73 Å². The standard InChI is InChI=1S/C9H7F2N3S/c10-5-1-2-7(6(11)3-5)15-8-4-13-14-9(8)12/h1-4H,(H3,12,13,14). The maximum absolute atomic E-state index is 13.2. The first-order valence-electron chi connectivity index (χ1n) is 4.08. The number of hydrogen-bond donors (Lipinski definition) is 2. The van der Waals surface area contributed by atoms with Crippen molar-refractivity contribution in [3.8, 4) is 0 Å². The van der Waals surface area contributed by atoms with E-state index in [9.17, 15) is 8.78 Å². The Hall–Kier alpha value is -1.56. The van der Waals surface area contributed by atoms with Gasteiger partial charge in [0, 0.05) is 11.0 Å². The van der Waals surface area contributed by atoms with Gasteiger partial charge < -0.3 is 5.73 Å². The van der Waals surface area contributed by atoms with Crippen LogP contribution in [-0.2, 0) is 0 Å². The van der Waals surface area contributed by atoms with E-state index in [1.165, 1.54) is 18.3 Å². The summed E-state index contributed by atoms with van der Waals surface area (Å²) < 4.78 is 25.9. The highest BCUT2D eigenvalue weighted by molar-refractivity contribution is 7.99. The van der Waals surface area contributed by atoms with E-state index in [1.807, 2.05) is 0 Å². The molecule has 15 heavy (non-hydrogen) atoms. The summed E-state index contributed by atoms with van der Waals surface area (Å²) in [5.41, 5.74) is 5.53. The Labute approximate surface area is 88.7 Å². The van der Waals surface area contributed by atoms with E-state index < -0.39 is 11.6 Å². The fraction of sp³-hybridized carbons (Fsp3) is 0. The highest BCUT2D eigenvalue weighted by Gasteiger charge is 2.08. The molecule has 0 amide bonds. The van der Waals surface area contributed by atoms with E-state index in [1.54, 1.807) is 0 Å². The van der Waals surface area contributed by atoms with Gasteiger partial charge in [-0.05, 0) is 12.1 Å². The molecule has 0 bridgehead atoms. The molecule has 0 saturated heterocycles. The van der Waals surface area contributed by atoms with Crippen molar-refractivity contribution in [1.82, 2.24) is 10.2 Å². The molecule has 6 heteroatoms. The molecule has 0 aliphatic rings. The van der Waals surface area contributed by atoms with Crippen molar-refractivity contribution in [2.24, 2.45) is 0 Å². The Bertz CT molecular complexity index is 484. The summed E-state index contributed by atoms with van der Waals surface area (Å²) in [4.78, 5) is 0.921. The van der Waals surface area contributed by atoms with Crippen LogP contribution in [0.2, 0.25) is 0 Å². The van der Waals surface area contributed by atoms with Crippen LogP contribution in [-0.4, -0.2) is 10.2 Å². The fourth-order valence-corrected chi connectivity index (χ4v) is 1.83. The lowest BCUT2D eigenvalue weighted by Crippen LogP contribution is -1.87. The van der Waals surface area contributed by atoms with Gasteiger partial charge in [0.1, 0.15) is 17.5 Å². The van der Waals surface area contributed by atoms with E-state index in [-0.39, 0.29) is 0 Å². The van der Waals surface area contributed by atoms with Crippen molar-refractivity contribution >= 4 is 17.6 Å². The van der Waals surface area contributed by atoms with Crippen LogP contribution >= 0.6 is 11.8 Å². The second-order valence-corrected chi connectivity index (χ2v) is 3.91. The first kappa shape index (κ1) is 9.97. The molecule has 0 fully saturated rings. The van der Waals surface area contributed by atoms with Gasteiger partial charge in [0.25, 0.3) is 0 Å². The third-order valence-corrected chi connectivity index (χ3v) is 2.84. The van der Waals surface area contributed by atoms with Crippen LogP contribution in [0.1, 0.15) is 0 Å². The van der Waals surface area contributed by atoms with Gasteiger partial charge >= 0.3 is 0 Å². The molecule has 0 aliphatic carbocycles.